The van der Waals surface area contributed by atoms with Gasteiger partial charge >= 0.3 is 0 Å². The summed E-state index contributed by atoms with van der Waals surface area (Å²) < 4.78 is 0. The van der Waals surface area contributed by atoms with E-state index in [0.717, 1.165) is 36.5 Å². The van der Waals surface area contributed by atoms with Crippen LogP contribution in [0.1, 0.15) is 55.2 Å². The van der Waals surface area contributed by atoms with Gasteiger partial charge in [-0.1, -0.05) is 18.3 Å². The van der Waals surface area contributed by atoms with E-state index in [2.05, 4.69) is 25.5 Å². The molecule has 0 bridgehead atoms. The maximum atomic E-state index is 12.3. The van der Waals surface area contributed by atoms with E-state index in [-0.39, 0.29) is 11.9 Å². The Kier molecular flexibility index (Phi) is 5.03. The van der Waals surface area contributed by atoms with Crippen molar-refractivity contribution in [1.82, 2.24) is 25.1 Å². The summed E-state index contributed by atoms with van der Waals surface area (Å²) in [5, 5.41) is 12.9. The topological polar surface area (TPSA) is 83.9 Å². The molecule has 1 aliphatic rings. The van der Waals surface area contributed by atoms with Crippen LogP contribution in [0, 0.1) is 13.8 Å². The highest BCUT2D eigenvalue weighted by Crippen LogP contribution is 2.31. The second-order valence-electron chi connectivity index (χ2n) is 5.93. The normalized spacial score (nSPS) is 17.8. The number of nitrogens with one attached hydrogen (secondary N) is 1. The third-order valence-corrected chi connectivity index (χ3v) is 4.84. The molecule has 7 nitrogen and oxygen atoms in total. The molecule has 1 N–H and O–H groups in total. The second kappa shape index (κ2) is 7.21. The molecule has 1 amide bonds. The Balaban J connectivity index is 1.87. The molecular formula is C16H22N6OS. The number of amides is 1. The molecule has 24 heavy (non-hydrogen) atoms. The zero-order chi connectivity index (χ0) is 17.1. The summed E-state index contributed by atoms with van der Waals surface area (Å²) >= 11 is 1.48. The van der Waals surface area contributed by atoms with Crippen molar-refractivity contribution in [2.45, 2.75) is 52.5 Å². The van der Waals surface area contributed by atoms with Crippen molar-refractivity contribution in [2.24, 2.45) is 0 Å². The quantitative estimate of drug-likeness (QED) is 0.915. The van der Waals surface area contributed by atoms with Crippen molar-refractivity contribution < 1.29 is 4.79 Å². The van der Waals surface area contributed by atoms with Gasteiger partial charge in [-0.3, -0.25) is 4.79 Å². The number of anilines is 2. The number of hydrogen-bond donors (Lipinski definition) is 1. The summed E-state index contributed by atoms with van der Waals surface area (Å²) in [5.74, 6) is 1.57. The molecule has 128 valence electrons. The van der Waals surface area contributed by atoms with E-state index in [1.165, 1.54) is 11.3 Å². The molecule has 1 saturated heterocycles. The van der Waals surface area contributed by atoms with E-state index in [9.17, 15) is 4.79 Å². The van der Waals surface area contributed by atoms with Crippen LogP contribution < -0.4 is 5.32 Å². The Morgan fingerprint density at radius 1 is 1.33 bits per heavy atom. The summed E-state index contributed by atoms with van der Waals surface area (Å²) in [5.41, 5.74) is 0.896. The third-order valence-electron chi connectivity index (χ3n) is 4.09. The average Bonchev–Trinajstić information content (AvgIpc) is 2.98. The summed E-state index contributed by atoms with van der Waals surface area (Å²) in [7, 11) is 0. The van der Waals surface area contributed by atoms with Crippen molar-refractivity contribution in [3.8, 4) is 0 Å². The van der Waals surface area contributed by atoms with Crippen LogP contribution in [0.4, 0.5) is 10.9 Å². The molecule has 8 heteroatoms. The van der Waals surface area contributed by atoms with Crippen LogP contribution >= 0.6 is 11.3 Å². The summed E-state index contributed by atoms with van der Waals surface area (Å²) in [6.07, 6.45) is 3.64. The van der Waals surface area contributed by atoms with Gasteiger partial charge in [0.1, 0.15) is 16.6 Å². The Bertz CT molecular complexity index is 731. The third kappa shape index (κ3) is 3.69. The van der Waals surface area contributed by atoms with Crippen LogP contribution in [-0.4, -0.2) is 37.5 Å². The first kappa shape index (κ1) is 16.8. The lowest BCUT2D eigenvalue weighted by Crippen LogP contribution is -2.38. The molecule has 2 aromatic heterocycles. The Hall–Kier alpha value is -2.09. The number of aromatic nitrogens is 4. The fourth-order valence-electron chi connectivity index (χ4n) is 3.02. The molecule has 2 aromatic rings. The van der Waals surface area contributed by atoms with E-state index in [4.69, 9.17) is 0 Å². The van der Waals surface area contributed by atoms with Crippen molar-refractivity contribution >= 4 is 28.2 Å². The predicted molar refractivity (Wildman–Crippen MR) is 93.3 cm³/mol. The highest BCUT2D eigenvalue weighted by atomic mass is 32.1. The van der Waals surface area contributed by atoms with Gasteiger partial charge in [0.15, 0.2) is 0 Å². The number of carbonyl (C=O) groups is 1. The van der Waals surface area contributed by atoms with Crippen LogP contribution in [-0.2, 0) is 4.79 Å². The van der Waals surface area contributed by atoms with Gasteiger partial charge in [-0.2, -0.15) is 0 Å². The van der Waals surface area contributed by atoms with Gasteiger partial charge in [0.2, 0.25) is 11.0 Å². The molecule has 1 atom stereocenters. The molecule has 1 aliphatic heterocycles. The number of aryl methyl sites for hydroxylation is 2. The van der Waals surface area contributed by atoms with Gasteiger partial charge in [-0.25, -0.2) is 9.97 Å². The first-order chi connectivity index (χ1) is 11.6. The summed E-state index contributed by atoms with van der Waals surface area (Å²) in [6, 6.07) is 1.96. The molecule has 0 saturated carbocycles. The number of hydrogen-bond acceptors (Lipinski definition) is 7. The fourth-order valence-corrected chi connectivity index (χ4v) is 3.62. The van der Waals surface area contributed by atoms with E-state index < -0.39 is 0 Å². The van der Waals surface area contributed by atoms with Gasteiger partial charge < -0.3 is 10.2 Å². The number of piperidine rings is 1. The predicted octanol–water partition coefficient (Wildman–Crippen LogP) is 3.15. The molecule has 0 unspecified atom stereocenters. The number of carbonyl (C=O) groups excluding carboxylic acids is 1. The highest BCUT2D eigenvalue weighted by molar-refractivity contribution is 7.15. The van der Waals surface area contributed by atoms with Gasteiger partial charge in [0.05, 0.1) is 11.7 Å². The van der Waals surface area contributed by atoms with Crippen LogP contribution in [0.5, 0.6) is 0 Å². The standard InChI is InChI=1S/C16H22N6OS/c1-4-15(23)22-8-6-5-7-13(22)12-9-14(18-10(2)17-12)19-16-21-20-11(3)24-16/h9,13H,4-8H2,1-3H3,(H,17,18,19,21)/t13-/m0/s1. The first-order valence-electron chi connectivity index (χ1n) is 8.29. The Morgan fingerprint density at radius 2 is 2.17 bits per heavy atom. The number of nitrogens with zero attached hydrogens (tertiary/aromatic N) is 5. The smallest absolute Gasteiger partial charge is 0.222 e. The van der Waals surface area contributed by atoms with Crippen molar-refractivity contribution in [3.63, 3.8) is 0 Å². The van der Waals surface area contributed by atoms with Crippen molar-refractivity contribution in [3.05, 3.63) is 22.6 Å². The minimum Gasteiger partial charge on any atom is -0.334 e. The molecule has 3 heterocycles. The van der Waals surface area contributed by atoms with Gasteiger partial charge in [-0.05, 0) is 33.1 Å². The zero-order valence-electron chi connectivity index (χ0n) is 14.2. The minimum atomic E-state index is 0.0320. The summed E-state index contributed by atoms with van der Waals surface area (Å²) in [4.78, 5) is 23.3. The van der Waals surface area contributed by atoms with E-state index in [1.54, 1.807) is 0 Å². The lowest BCUT2D eigenvalue weighted by atomic mass is 9.98. The number of likely N-dealkylation sites (tertiary alicyclic amines) is 1. The van der Waals surface area contributed by atoms with E-state index >= 15 is 0 Å². The van der Waals surface area contributed by atoms with Gasteiger partial charge in [0, 0.05) is 19.0 Å². The van der Waals surface area contributed by atoms with Crippen molar-refractivity contribution in [1.29, 1.82) is 0 Å². The molecule has 1 fully saturated rings. The Labute approximate surface area is 145 Å². The summed E-state index contributed by atoms with van der Waals surface area (Å²) in [6.45, 7) is 6.49. The van der Waals surface area contributed by atoms with Crippen LogP contribution in [0.25, 0.3) is 0 Å². The van der Waals surface area contributed by atoms with E-state index in [1.807, 2.05) is 31.7 Å². The van der Waals surface area contributed by atoms with E-state index in [0.29, 0.717) is 23.2 Å². The second-order valence-corrected chi connectivity index (χ2v) is 7.11. The molecule has 3 rings (SSSR count). The van der Waals surface area contributed by atoms with Crippen LogP contribution in [0.2, 0.25) is 0 Å². The molecule has 0 aliphatic carbocycles. The van der Waals surface area contributed by atoms with Gasteiger partial charge in [-0.15, -0.1) is 10.2 Å². The zero-order valence-corrected chi connectivity index (χ0v) is 15.1. The molecular weight excluding hydrogens is 324 g/mol. The lowest BCUT2D eigenvalue weighted by molar-refractivity contribution is -0.134. The van der Waals surface area contributed by atoms with Crippen LogP contribution in [0.3, 0.4) is 0 Å². The number of rotatable bonds is 4. The first-order valence-corrected chi connectivity index (χ1v) is 9.10. The fraction of sp³-hybridized carbons (Fsp3) is 0.562. The molecule has 0 spiro atoms. The maximum absolute atomic E-state index is 12.3. The highest BCUT2D eigenvalue weighted by Gasteiger charge is 2.28. The van der Waals surface area contributed by atoms with Crippen LogP contribution in [0.15, 0.2) is 6.07 Å². The van der Waals surface area contributed by atoms with Gasteiger partial charge in [0.25, 0.3) is 0 Å². The SMILES string of the molecule is CCC(=O)N1CCCC[C@H]1c1cc(Nc2nnc(C)s2)nc(C)n1. The molecule has 0 radical (unpaired) electrons. The largest absolute Gasteiger partial charge is 0.334 e. The van der Waals surface area contributed by atoms with Crippen molar-refractivity contribution in [2.75, 3.05) is 11.9 Å². The monoisotopic (exact) mass is 346 g/mol. The Morgan fingerprint density at radius 3 is 2.88 bits per heavy atom. The lowest BCUT2D eigenvalue weighted by Gasteiger charge is -2.35. The molecule has 0 aromatic carbocycles. The minimum absolute atomic E-state index is 0.0320. The average molecular weight is 346 g/mol. The maximum Gasteiger partial charge on any atom is 0.222 e.